The molecule has 1 fully saturated rings. The molecule has 1 atom stereocenters. The van der Waals surface area contributed by atoms with Gasteiger partial charge in [0.1, 0.15) is 22.7 Å². The van der Waals surface area contributed by atoms with Gasteiger partial charge in [-0.3, -0.25) is 14.4 Å². The number of rotatable bonds is 9. The summed E-state index contributed by atoms with van der Waals surface area (Å²) in [6, 6.07) is 5.47. The number of hydrogen-bond acceptors (Lipinski definition) is 6. The van der Waals surface area contributed by atoms with E-state index in [1.54, 1.807) is 48.8 Å². The average molecular weight is 498 g/mol. The SMILES string of the molecule is CCCN1C(=O)c2c(C(=O)NCc3cc(OC)ccc3OC)ncn2C[C@]1(C)C(=O)NC1CCCC1. The molecule has 2 aromatic rings. The summed E-state index contributed by atoms with van der Waals surface area (Å²) >= 11 is 0. The molecule has 2 aliphatic rings. The predicted molar refractivity (Wildman–Crippen MR) is 133 cm³/mol. The van der Waals surface area contributed by atoms with Gasteiger partial charge in [0, 0.05) is 24.7 Å². The van der Waals surface area contributed by atoms with Crippen LogP contribution in [-0.4, -0.2) is 64.5 Å². The van der Waals surface area contributed by atoms with Crippen LogP contribution in [-0.2, 0) is 17.9 Å². The van der Waals surface area contributed by atoms with Gasteiger partial charge in [-0.05, 0) is 44.4 Å². The number of carbonyl (C=O) groups excluding carboxylic acids is 3. The van der Waals surface area contributed by atoms with E-state index in [4.69, 9.17) is 9.47 Å². The van der Waals surface area contributed by atoms with Crippen molar-refractivity contribution in [1.82, 2.24) is 25.1 Å². The molecule has 1 aromatic heterocycles. The molecule has 0 radical (unpaired) electrons. The van der Waals surface area contributed by atoms with Crippen molar-refractivity contribution in [3.63, 3.8) is 0 Å². The lowest BCUT2D eigenvalue weighted by atomic mass is 9.93. The lowest BCUT2D eigenvalue weighted by molar-refractivity contribution is -0.133. The molecule has 0 bridgehead atoms. The van der Waals surface area contributed by atoms with Gasteiger partial charge in [-0.25, -0.2) is 4.98 Å². The first-order valence-corrected chi connectivity index (χ1v) is 12.5. The molecule has 10 heteroatoms. The van der Waals surface area contributed by atoms with E-state index in [-0.39, 0.29) is 42.3 Å². The van der Waals surface area contributed by atoms with Crippen molar-refractivity contribution in [3.05, 3.63) is 41.5 Å². The van der Waals surface area contributed by atoms with Crippen molar-refractivity contribution in [2.45, 2.75) is 70.6 Å². The van der Waals surface area contributed by atoms with Crippen molar-refractivity contribution in [2.24, 2.45) is 0 Å². The lowest BCUT2D eigenvalue weighted by Gasteiger charge is -2.44. The molecule has 194 valence electrons. The number of imidazole rings is 1. The highest BCUT2D eigenvalue weighted by Crippen LogP contribution is 2.30. The third-order valence-electron chi connectivity index (χ3n) is 7.13. The minimum absolute atomic E-state index is 0.0428. The highest BCUT2D eigenvalue weighted by Gasteiger charge is 2.48. The first kappa shape index (κ1) is 25.5. The van der Waals surface area contributed by atoms with Gasteiger partial charge in [0.25, 0.3) is 11.8 Å². The van der Waals surface area contributed by atoms with Gasteiger partial charge in [0.2, 0.25) is 5.91 Å². The van der Waals surface area contributed by atoms with E-state index in [1.165, 1.54) is 6.33 Å². The van der Waals surface area contributed by atoms with Crippen LogP contribution in [0.5, 0.6) is 11.5 Å². The molecule has 0 unspecified atom stereocenters. The van der Waals surface area contributed by atoms with Gasteiger partial charge in [0.15, 0.2) is 5.69 Å². The number of nitrogens with zero attached hydrogens (tertiary/aromatic N) is 3. The Labute approximate surface area is 211 Å². The van der Waals surface area contributed by atoms with E-state index < -0.39 is 11.4 Å². The largest absolute Gasteiger partial charge is 0.497 e. The molecule has 3 amide bonds. The predicted octanol–water partition coefficient (Wildman–Crippen LogP) is 2.51. The number of aromatic nitrogens is 2. The fourth-order valence-electron chi connectivity index (χ4n) is 5.12. The van der Waals surface area contributed by atoms with Gasteiger partial charge in [-0.15, -0.1) is 0 Å². The molecule has 36 heavy (non-hydrogen) atoms. The fraction of sp³-hybridized carbons (Fsp3) is 0.538. The topological polar surface area (TPSA) is 115 Å². The molecule has 10 nitrogen and oxygen atoms in total. The molecular weight excluding hydrogens is 462 g/mol. The summed E-state index contributed by atoms with van der Waals surface area (Å²) in [5.74, 6) is 0.245. The Hall–Kier alpha value is -3.56. The van der Waals surface area contributed by atoms with E-state index in [0.29, 0.717) is 24.5 Å². The van der Waals surface area contributed by atoms with Crippen LogP contribution in [0, 0.1) is 0 Å². The molecule has 1 aliphatic heterocycles. The van der Waals surface area contributed by atoms with Crippen molar-refractivity contribution < 1.29 is 23.9 Å². The van der Waals surface area contributed by atoms with Crippen molar-refractivity contribution in [3.8, 4) is 11.5 Å². The monoisotopic (exact) mass is 497 g/mol. The summed E-state index contributed by atoms with van der Waals surface area (Å²) < 4.78 is 12.3. The van der Waals surface area contributed by atoms with E-state index in [2.05, 4.69) is 15.6 Å². The zero-order chi connectivity index (χ0) is 25.9. The highest BCUT2D eigenvalue weighted by molar-refractivity contribution is 6.07. The Kier molecular flexibility index (Phi) is 7.51. The minimum Gasteiger partial charge on any atom is -0.497 e. The molecule has 1 aliphatic carbocycles. The van der Waals surface area contributed by atoms with Crippen LogP contribution in [0.1, 0.15) is 72.5 Å². The Morgan fingerprint density at radius 2 is 1.94 bits per heavy atom. The molecule has 1 aromatic carbocycles. The maximum Gasteiger partial charge on any atom is 0.273 e. The third-order valence-corrected chi connectivity index (χ3v) is 7.13. The number of carbonyl (C=O) groups is 3. The minimum atomic E-state index is -1.06. The maximum absolute atomic E-state index is 13.7. The summed E-state index contributed by atoms with van der Waals surface area (Å²) in [5, 5.41) is 5.99. The van der Waals surface area contributed by atoms with Crippen LogP contribution in [0.4, 0.5) is 0 Å². The van der Waals surface area contributed by atoms with Crippen LogP contribution in [0.2, 0.25) is 0 Å². The number of nitrogens with one attached hydrogen (secondary N) is 2. The molecule has 1 saturated carbocycles. The van der Waals surface area contributed by atoms with Crippen molar-refractivity contribution in [2.75, 3.05) is 20.8 Å². The van der Waals surface area contributed by atoms with Crippen molar-refractivity contribution in [1.29, 1.82) is 0 Å². The first-order valence-electron chi connectivity index (χ1n) is 12.5. The maximum atomic E-state index is 13.7. The summed E-state index contributed by atoms with van der Waals surface area (Å²) in [5.41, 5.74) is -0.0928. The fourth-order valence-corrected chi connectivity index (χ4v) is 5.12. The second-order valence-corrected chi connectivity index (χ2v) is 9.62. The quantitative estimate of drug-likeness (QED) is 0.550. The number of ether oxygens (including phenoxy) is 2. The van der Waals surface area contributed by atoms with E-state index in [9.17, 15) is 14.4 Å². The summed E-state index contributed by atoms with van der Waals surface area (Å²) in [7, 11) is 3.12. The molecular formula is C26H35N5O5. The molecule has 2 heterocycles. The standard InChI is InChI=1S/C26H35N5O5/c1-5-12-31-24(33)22-21(23(32)27-14-17-13-19(35-3)10-11-20(17)36-4)28-16-30(22)15-26(31,2)25(34)29-18-8-6-7-9-18/h10-11,13,16,18H,5-9,12,14-15H2,1-4H3,(H,27,32)(H,29,34)/t26-/m1/s1. The van der Waals surface area contributed by atoms with E-state index in [1.807, 2.05) is 6.92 Å². The highest BCUT2D eigenvalue weighted by atomic mass is 16.5. The van der Waals surface area contributed by atoms with Crippen LogP contribution in [0.25, 0.3) is 0 Å². The molecule has 0 spiro atoms. The lowest BCUT2D eigenvalue weighted by Crippen LogP contribution is -2.65. The Morgan fingerprint density at radius 1 is 1.19 bits per heavy atom. The van der Waals surface area contributed by atoms with Gasteiger partial charge < -0.3 is 29.6 Å². The van der Waals surface area contributed by atoms with Crippen LogP contribution in [0.15, 0.2) is 24.5 Å². The normalized spacial score (nSPS) is 19.7. The van der Waals surface area contributed by atoms with Crippen molar-refractivity contribution >= 4 is 17.7 Å². The number of benzene rings is 1. The summed E-state index contributed by atoms with van der Waals surface area (Å²) in [6.45, 7) is 4.56. The number of hydrogen-bond donors (Lipinski definition) is 2. The van der Waals surface area contributed by atoms with Crippen LogP contribution < -0.4 is 20.1 Å². The number of methoxy groups -OCH3 is 2. The van der Waals surface area contributed by atoms with Gasteiger partial charge in [-0.2, -0.15) is 0 Å². The number of amides is 3. The first-order chi connectivity index (χ1) is 17.3. The molecule has 2 N–H and O–H groups in total. The zero-order valence-corrected chi connectivity index (χ0v) is 21.4. The van der Waals surface area contributed by atoms with Gasteiger partial charge in [-0.1, -0.05) is 19.8 Å². The van der Waals surface area contributed by atoms with Crippen LogP contribution >= 0.6 is 0 Å². The molecule has 4 rings (SSSR count). The van der Waals surface area contributed by atoms with E-state index >= 15 is 0 Å². The second kappa shape index (κ2) is 10.6. The Morgan fingerprint density at radius 3 is 2.61 bits per heavy atom. The van der Waals surface area contributed by atoms with Gasteiger partial charge >= 0.3 is 0 Å². The van der Waals surface area contributed by atoms with Crippen LogP contribution in [0.3, 0.4) is 0 Å². The van der Waals surface area contributed by atoms with Gasteiger partial charge in [0.05, 0.1) is 27.1 Å². The Bertz CT molecular complexity index is 1140. The molecule has 0 saturated heterocycles. The third kappa shape index (κ3) is 4.76. The second-order valence-electron chi connectivity index (χ2n) is 9.62. The smallest absolute Gasteiger partial charge is 0.273 e. The van der Waals surface area contributed by atoms with E-state index in [0.717, 1.165) is 31.2 Å². The summed E-state index contributed by atoms with van der Waals surface area (Å²) in [6.07, 6.45) is 6.28. The summed E-state index contributed by atoms with van der Waals surface area (Å²) in [4.78, 5) is 46.1. The Balaban J connectivity index is 1.56. The zero-order valence-electron chi connectivity index (χ0n) is 21.4. The average Bonchev–Trinajstić information content (AvgIpc) is 3.54. The number of fused-ring (bicyclic) bond motifs is 1.